The molecule has 0 heterocycles. The predicted molar refractivity (Wildman–Crippen MR) is 180 cm³/mol. The second-order valence-electron chi connectivity index (χ2n) is 5.28. The minimum Gasteiger partial charge on any atom is -0.219 e. The lowest BCUT2D eigenvalue weighted by atomic mass is 14.3. The van der Waals surface area contributed by atoms with Crippen LogP contribution in [0.4, 0.5) is 0 Å². The standard InChI is InChI=1S/H16O56P14/c1-3-5-29-57-31-7-9-33-59-35-11-13-37-61-39-15-16-41-63-42-18-20-44-65-46-22-24-48-67-50-26-28-52-69-54-56-70-55-53-68-51-27-25-49-66-47-23-21-45-64-43-19-17-40-62-38-14-12-36-60-34-10-8-32-58-30-6-4-2/h1-2,57-70H. The summed E-state index contributed by atoms with van der Waals surface area (Å²) in [5, 5.41) is 116. The van der Waals surface area contributed by atoms with E-state index < -0.39 is 126 Å². The molecule has 0 aromatic carbocycles. The van der Waals surface area contributed by atoms with E-state index in [1.54, 1.807) is 0 Å². The van der Waals surface area contributed by atoms with E-state index in [1.807, 2.05) is 0 Å². The molecule has 14 atom stereocenters. The van der Waals surface area contributed by atoms with E-state index in [0.29, 0.717) is 0 Å². The van der Waals surface area contributed by atoms with Gasteiger partial charge in [0.2, 0.25) is 126 Å². The van der Waals surface area contributed by atoms with Crippen LogP contribution >= 0.6 is 126 Å². The third kappa shape index (κ3) is 71.8. The number of hydrogen-bond donors (Lipinski definition) is 2. The SMILES string of the molecule is OOOOPOOOOPOOOOPOOOOPOOOOPOOOOPOOOOPOOPOOPOOOOPOOOOPOOOOPOOOOPOOOOPOOOO. The second-order valence-corrected chi connectivity index (χ2v) is 12.3. The second kappa shape index (κ2) is 72.8. The zero-order valence-electron chi connectivity index (χ0n) is 29.9. The molecule has 70 heteroatoms. The van der Waals surface area contributed by atoms with Gasteiger partial charge in [0.15, 0.2) is 0 Å². The van der Waals surface area contributed by atoms with Crippen LogP contribution in [0.5, 0.6) is 0 Å². The van der Waals surface area contributed by atoms with E-state index in [9.17, 15) is 0 Å². The molecule has 2 N–H and O–H groups in total. The molecule has 0 rings (SSSR count). The highest BCUT2D eigenvalue weighted by atomic mass is 31.1. The van der Waals surface area contributed by atoms with Crippen LogP contribution in [0, 0.1) is 0 Å². The van der Waals surface area contributed by atoms with Gasteiger partial charge in [-0.15, -0.1) is 0 Å². The van der Waals surface area contributed by atoms with E-state index in [-0.39, 0.29) is 0 Å². The molecule has 0 amide bonds. The minimum absolute atomic E-state index is 0.857. The molecule has 0 aromatic rings. The van der Waals surface area contributed by atoms with Crippen molar-refractivity contribution >= 4 is 126 Å². The van der Waals surface area contributed by atoms with Gasteiger partial charge in [0.05, 0.1) is 0 Å². The van der Waals surface area contributed by atoms with Crippen LogP contribution in [0.2, 0.25) is 0 Å². The molecule has 56 nitrogen and oxygen atoms in total. The molecule has 0 radical (unpaired) electrons. The molecular weight excluding hydrogens is 1330 g/mol. The molecule has 14 unspecified atom stereocenters. The molecule has 0 saturated carbocycles. The van der Waals surface area contributed by atoms with Gasteiger partial charge >= 0.3 is 0 Å². The summed E-state index contributed by atoms with van der Waals surface area (Å²) in [6.07, 6.45) is 0. The molecule has 70 heavy (non-hydrogen) atoms. The lowest BCUT2D eigenvalue weighted by molar-refractivity contribution is -0.611. The van der Waals surface area contributed by atoms with Crippen LogP contribution in [0.1, 0.15) is 0 Å². The summed E-state index contributed by atoms with van der Waals surface area (Å²) >= 11 is 0. The minimum atomic E-state index is -1.02. The maximum absolute atomic E-state index is 7.71. The summed E-state index contributed by atoms with van der Waals surface area (Å²) in [7, 11) is -13.5. The Morgan fingerprint density at radius 2 is 0.200 bits per heavy atom. The van der Waals surface area contributed by atoms with Gasteiger partial charge in [0.25, 0.3) is 0 Å². The third-order valence-corrected chi connectivity index (χ3v) is 6.42. The first-order chi connectivity index (χ1) is 34.9. The molecule has 422 valence electrons. The van der Waals surface area contributed by atoms with Crippen LogP contribution in [-0.4, -0.2) is 10.5 Å². The fourth-order valence-electron chi connectivity index (χ4n) is 0.932. The highest BCUT2D eigenvalue weighted by molar-refractivity contribution is 7.30. The van der Waals surface area contributed by atoms with Gasteiger partial charge < -0.3 is 0 Å². The molecule has 0 aromatic heterocycles. The summed E-state index contributed by atoms with van der Waals surface area (Å²) in [5.74, 6) is 0. The van der Waals surface area contributed by atoms with E-state index in [0.717, 1.165) is 0 Å². The lowest BCUT2D eigenvalue weighted by Crippen LogP contribution is -1.93. The molecule has 0 fully saturated rings. The molecular formula is H16O56P14. The van der Waals surface area contributed by atoms with Crippen LogP contribution in [0.15, 0.2) is 0 Å². The normalized spacial score (nSPS) is 14.1. The molecule has 0 spiro atoms. The molecule has 0 bridgehead atoms. The van der Waals surface area contributed by atoms with Crippen LogP contribution < -0.4 is 0 Å². The highest BCUT2D eigenvalue weighted by Gasteiger charge is 2.04. The first kappa shape index (κ1) is 73.8. The average molecular weight is 1350 g/mol. The maximum atomic E-state index is 7.71. The Kier molecular flexibility index (Phi) is 76.7. The molecule has 0 saturated heterocycles. The largest absolute Gasteiger partial charge is 0.239 e. The van der Waals surface area contributed by atoms with E-state index in [2.05, 4.69) is 262 Å². The lowest BCUT2D eigenvalue weighted by Gasteiger charge is -2.03. The van der Waals surface area contributed by atoms with Crippen molar-refractivity contribution in [3.8, 4) is 0 Å². The Labute approximate surface area is 398 Å². The predicted octanol–water partition coefficient (Wildman–Crippen LogP) is 4.63. The van der Waals surface area contributed by atoms with Crippen LogP contribution in [0.25, 0.3) is 0 Å². The summed E-state index contributed by atoms with van der Waals surface area (Å²) in [6.45, 7) is 0. The van der Waals surface area contributed by atoms with Gasteiger partial charge in [-0.2, -0.15) is 131 Å². The Hall–Kier alpha value is 3.78. The number of rotatable bonds is 67. The van der Waals surface area contributed by atoms with Crippen LogP contribution in [-0.2, 0) is 262 Å². The summed E-state index contributed by atoms with van der Waals surface area (Å²) in [5.41, 5.74) is 0. The van der Waals surface area contributed by atoms with Crippen LogP contribution in [0.3, 0.4) is 0 Å². The fraction of sp³-hybridized carbons (Fsp3) is 0. The maximum Gasteiger partial charge on any atom is 0.239 e. The summed E-state index contributed by atoms with van der Waals surface area (Å²) in [6, 6.07) is 0. The summed E-state index contributed by atoms with van der Waals surface area (Å²) < 4.78 is 118. The van der Waals surface area contributed by atoms with Crippen molar-refractivity contribution in [3.63, 3.8) is 0 Å². The first-order valence-electron chi connectivity index (χ1n) is 12.6. The average Bonchev–Trinajstić information content (AvgIpc) is 3.37. The van der Waals surface area contributed by atoms with Gasteiger partial charge in [0, 0.05) is 0 Å². The van der Waals surface area contributed by atoms with E-state index in [4.69, 9.17) is 10.5 Å². The van der Waals surface area contributed by atoms with E-state index in [1.165, 1.54) is 0 Å². The highest BCUT2D eigenvalue weighted by Crippen LogP contribution is 2.29. The van der Waals surface area contributed by atoms with Crippen molar-refractivity contribution < 1.29 is 272 Å². The quantitative estimate of drug-likeness (QED) is 0.0362. The Balaban J connectivity index is 3.07. The Morgan fingerprint density at radius 3 is 0.314 bits per heavy atom. The first-order valence-corrected chi connectivity index (χ1v) is 24.0. The molecule has 0 aliphatic rings. The van der Waals surface area contributed by atoms with Crippen molar-refractivity contribution in [2.24, 2.45) is 0 Å². The summed E-state index contributed by atoms with van der Waals surface area (Å²) in [4.78, 5) is 0. The number of hydrogen-bond acceptors (Lipinski definition) is 56. The Bertz CT molecular complexity index is 810. The van der Waals surface area contributed by atoms with Crippen molar-refractivity contribution in [2.45, 2.75) is 0 Å². The fourth-order valence-corrected chi connectivity index (χ4v) is 3.20. The molecule has 0 aliphatic heterocycles. The van der Waals surface area contributed by atoms with Gasteiger partial charge in [-0.05, 0) is 131 Å². The van der Waals surface area contributed by atoms with Gasteiger partial charge in [-0.1, -0.05) is 0 Å². The van der Waals surface area contributed by atoms with Crippen molar-refractivity contribution in [3.05, 3.63) is 0 Å². The van der Waals surface area contributed by atoms with E-state index >= 15 is 0 Å². The van der Waals surface area contributed by atoms with Gasteiger partial charge in [-0.25, -0.2) is 10.5 Å². The van der Waals surface area contributed by atoms with Gasteiger partial charge in [0.1, 0.15) is 0 Å². The van der Waals surface area contributed by atoms with Crippen molar-refractivity contribution in [1.29, 1.82) is 0 Å². The molecule has 0 aliphatic carbocycles. The van der Waals surface area contributed by atoms with Crippen molar-refractivity contribution in [1.82, 2.24) is 0 Å². The van der Waals surface area contributed by atoms with Crippen molar-refractivity contribution in [2.75, 3.05) is 0 Å². The monoisotopic (exact) mass is 1350 g/mol. The topological polar surface area (TPSA) is 539 Å². The smallest absolute Gasteiger partial charge is 0.219 e. The Morgan fingerprint density at radius 1 is 0.114 bits per heavy atom. The van der Waals surface area contributed by atoms with Gasteiger partial charge in [-0.3, -0.25) is 0 Å². The third-order valence-electron chi connectivity index (χ3n) is 2.22. The zero-order chi connectivity index (χ0) is 50.1. The zero-order valence-corrected chi connectivity index (χ0v) is 43.9.